The second kappa shape index (κ2) is 7.21. The zero-order valence-electron chi connectivity index (χ0n) is 14.5. The maximum absolute atomic E-state index is 12.2. The summed E-state index contributed by atoms with van der Waals surface area (Å²) in [5.74, 6) is 1.20. The normalized spacial score (nSPS) is 10.7. The molecule has 0 aliphatic rings. The Kier molecular flexibility index (Phi) is 4.83. The van der Waals surface area contributed by atoms with Crippen LogP contribution < -0.4 is 10.1 Å². The Morgan fingerprint density at radius 3 is 2.72 bits per heavy atom. The molecule has 0 radical (unpaired) electrons. The van der Waals surface area contributed by atoms with Gasteiger partial charge in [-0.05, 0) is 43.7 Å². The zero-order valence-corrected chi connectivity index (χ0v) is 14.5. The molecule has 25 heavy (non-hydrogen) atoms. The quantitative estimate of drug-likeness (QED) is 0.723. The average molecular weight is 339 g/mol. The van der Waals surface area contributed by atoms with Gasteiger partial charge in [-0.15, -0.1) is 0 Å². The second-order valence-corrected chi connectivity index (χ2v) is 5.76. The number of carbonyl (C=O) groups excluding carboxylic acids is 1. The second-order valence-electron chi connectivity index (χ2n) is 5.76. The van der Waals surface area contributed by atoms with Gasteiger partial charge < -0.3 is 10.1 Å². The summed E-state index contributed by atoms with van der Waals surface area (Å²) in [4.78, 5) is 12.2. The number of benzene rings is 1. The monoisotopic (exact) mass is 339 g/mol. The van der Waals surface area contributed by atoms with E-state index in [9.17, 15) is 4.79 Å². The van der Waals surface area contributed by atoms with Crippen LogP contribution >= 0.6 is 0 Å². The van der Waals surface area contributed by atoms with Crippen LogP contribution in [0.25, 0.3) is 11.3 Å². The number of carbonyl (C=O) groups is 1. The number of rotatable bonds is 6. The van der Waals surface area contributed by atoms with Crippen molar-refractivity contribution in [3.8, 4) is 17.0 Å². The fraction of sp³-hybridized carbons (Fsp3) is 0.278. The van der Waals surface area contributed by atoms with Gasteiger partial charge >= 0.3 is 0 Å². The first-order valence-corrected chi connectivity index (χ1v) is 8.12. The molecule has 1 amide bonds. The minimum Gasteiger partial charge on any atom is -0.494 e. The van der Waals surface area contributed by atoms with Gasteiger partial charge in [0.15, 0.2) is 5.82 Å². The van der Waals surface area contributed by atoms with Gasteiger partial charge in [0.25, 0.3) is 0 Å². The lowest BCUT2D eigenvalue weighted by atomic mass is 10.1. The first-order chi connectivity index (χ1) is 12.0. The predicted octanol–water partition coefficient (Wildman–Crippen LogP) is 2.70. The van der Waals surface area contributed by atoms with E-state index < -0.39 is 0 Å². The molecule has 7 heteroatoms. The van der Waals surface area contributed by atoms with Crippen LogP contribution in [0.2, 0.25) is 0 Å². The molecule has 0 bridgehead atoms. The molecule has 0 unspecified atom stereocenters. The van der Waals surface area contributed by atoms with Gasteiger partial charge in [0, 0.05) is 24.9 Å². The summed E-state index contributed by atoms with van der Waals surface area (Å²) in [7, 11) is 1.84. The van der Waals surface area contributed by atoms with Crippen LogP contribution in [0.5, 0.6) is 5.75 Å². The Bertz CT molecular complexity index is 864. The lowest BCUT2D eigenvalue weighted by Gasteiger charge is -2.03. The molecular formula is C18H21N5O2. The van der Waals surface area contributed by atoms with E-state index in [1.807, 2.05) is 57.4 Å². The van der Waals surface area contributed by atoms with E-state index in [-0.39, 0.29) is 12.3 Å². The summed E-state index contributed by atoms with van der Waals surface area (Å²) in [5.41, 5.74) is 3.56. The molecule has 0 spiro atoms. The Hall–Kier alpha value is -3.09. The molecule has 2 heterocycles. The number of nitrogens with zero attached hydrogens (tertiary/aromatic N) is 3. The molecule has 0 saturated heterocycles. The molecule has 2 aromatic heterocycles. The summed E-state index contributed by atoms with van der Waals surface area (Å²) in [6, 6.07) is 9.52. The summed E-state index contributed by atoms with van der Waals surface area (Å²) in [5, 5.41) is 14.1. The van der Waals surface area contributed by atoms with E-state index in [4.69, 9.17) is 4.74 Å². The standard InChI is InChI=1S/C18H21N5O2/c1-4-25-15-7-5-13(6-8-15)16-10-17(21-20-16)19-18(24)9-14-11-23(3)22-12(14)2/h5-8,10-11H,4,9H2,1-3H3,(H2,19,20,21,24). The number of hydrogen-bond acceptors (Lipinski definition) is 4. The van der Waals surface area contributed by atoms with Crippen LogP contribution in [0.1, 0.15) is 18.2 Å². The molecule has 0 saturated carbocycles. The van der Waals surface area contributed by atoms with Crippen molar-refractivity contribution in [3.63, 3.8) is 0 Å². The maximum Gasteiger partial charge on any atom is 0.230 e. The zero-order chi connectivity index (χ0) is 17.8. The van der Waals surface area contributed by atoms with Crippen molar-refractivity contribution >= 4 is 11.7 Å². The molecule has 2 N–H and O–H groups in total. The fourth-order valence-corrected chi connectivity index (χ4v) is 2.61. The number of ether oxygens (including phenoxy) is 1. The van der Waals surface area contributed by atoms with Crippen molar-refractivity contribution in [2.24, 2.45) is 7.05 Å². The first-order valence-electron chi connectivity index (χ1n) is 8.12. The molecule has 0 aliphatic heterocycles. The lowest BCUT2D eigenvalue weighted by Crippen LogP contribution is -2.14. The summed E-state index contributed by atoms with van der Waals surface area (Å²) >= 11 is 0. The highest BCUT2D eigenvalue weighted by Crippen LogP contribution is 2.22. The van der Waals surface area contributed by atoms with Gasteiger partial charge in [0.1, 0.15) is 5.75 Å². The molecule has 0 atom stereocenters. The van der Waals surface area contributed by atoms with E-state index in [2.05, 4.69) is 20.6 Å². The Morgan fingerprint density at radius 1 is 1.32 bits per heavy atom. The van der Waals surface area contributed by atoms with Gasteiger partial charge in [-0.25, -0.2) is 0 Å². The number of aromatic amines is 1. The molecule has 3 rings (SSSR count). The number of anilines is 1. The molecule has 1 aromatic carbocycles. The smallest absolute Gasteiger partial charge is 0.230 e. The number of aryl methyl sites for hydroxylation is 2. The van der Waals surface area contributed by atoms with Crippen LogP contribution in [0, 0.1) is 6.92 Å². The van der Waals surface area contributed by atoms with Crippen LogP contribution in [0.15, 0.2) is 36.5 Å². The summed E-state index contributed by atoms with van der Waals surface area (Å²) < 4.78 is 7.14. The van der Waals surface area contributed by atoms with Gasteiger partial charge in [0.2, 0.25) is 5.91 Å². The van der Waals surface area contributed by atoms with Crippen LogP contribution in [0.3, 0.4) is 0 Å². The lowest BCUT2D eigenvalue weighted by molar-refractivity contribution is -0.115. The minimum atomic E-state index is -0.124. The topological polar surface area (TPSA) is 84.8 Å². The highest BCUT2D eigenvalue weighted by atomic mass is 16.5. The van der Waals surface area contributed by atoms with Gasteiger partial charge in [-0.1, -0.05) is 0 Å². The average Bonchev–Trinajstić information content (AvgIpc) is 3.15. The molecule has 0 fully saturated rings. The number of H-pyrrole nitrogens is 1. The molecule has 0 aliphatic carbocycles. The van der Waals surface area contributed by atoms with Crippen molar-refractivity contribution < 1.29 is 9.53 Å². The first kappa shape index (κ1) is 16.8. The van der Waals surface area contributed by atoms with Crippen LogP contribution in [-0.2, 0) is 18.3 Å². The van der Waals surface area contributed by atoms with E-state index in [0.717, 1.165) is 28.3 Å². The Balaban J connectivity index is 1.64. The third kappa shape index (κ3) is 4.06. The Morgan fingerprint density at radius 2 is 2.08 bits per heavy atom. The molecule has 7 nitrogen and oxygen atoms in total. The third-order valence-corrected chi connectivity index (χ3v) is 3.79. The van der Waals surface area contributed by atoms with Crippen molar-refractivity contribution in [2.45, 2.75) is 20.3 Å². The minimum absolute atomic E-state index is 0.124. The highest BCUT2D eigenvalue weighted by molar-refractivity contribution is 5.92. The van der Waals surface area contributed by atoms with Crippen molar-refractivity contribution in [3.05, 3.63) is 47.8 Å². The number of amides is 1. The Labute approximate surface area is 146 Å². The van der Waals surface area contributed by atoms with Crippen molar-refractivity contribution in [2.75, 3.05) is 11.9 Å². The van der Waals surface area contributed by atoms with Crippen molar-refractivity contribution in [1.29, 1.82) is 0 Å². The number of aromatic nitrogens is 4. The van der Waals surface area contributed by atoms with E-state index in [1.165, 1.54) is 0 Å². The van der Waals surface area contributed by atoms with E-state index in [0.29, 0.717) is 12.4 Å². The molecule has 130 valence electrons. The highest BCUT2D eigenvalue weighted by Gasteiger charge is 2.11. The van der Waals surface area contributed by atoms with Gasteiger partial charge in [-0.3, -0.25) is 14.6 Å². The number of hydrogen-bond donors (Lipinski definition) is 2. The predicted molar refractivity (Wildman–Crippen MR) is 95.5 cm³/mol. The van der Waals surface area contributed by atoms with Crippen molar-refractivity contribution in [1.82, 2.24) is 20.0 Å². The molecule has 3 aromatic rings. The third-order valence-electron chi connectivity index (χ3n) is 3.79. The summed E-state index contributed by atoms with van der Waals surface area (Å²) in [6.45, 7) is 4.47. The SMILES string of the molecule is CCOc1ccc(-c2cc(NC(=O)Cc3cn(C)nc3C)n[nH]2)cc1. The summed E-state index contributed by atoms with van der Waals surface area (Å²) in [6.07, 6.45) is 2.12. The fourth-order valence-electron chi connectivity index (χ4n) is 2.61. The van der Waals surface area contributed by atoms with E-state index in [1.54, 1.807) is 4.68 Å². The van der Waals surface area contributed by atoms with Gasteiger partial charge in [-0.2, -0.15) is 10.2 Å². The van der Waals surface area contributed by atoms with E-state index >= 15 is 0 Å². The van der Waals surface area contributed by atoms with Crippen LogP contribution in [-0.4, -0.2) is 32.5 Å². The van der Waals surface area contributed by atoms with Gasteiger partial charge in [0.05, 0.1) is 24.4 Å². The molecular weight excluding hydrogens is 318 g/mol. The van der Waals surface area contributed by atoms with Crippen LogP contribution in [0.4, 0.5) is 5.82 Å². The maximum atomic E-state index is 12.2. The largest absolute Gasteiger partial charge is 0.494 e. The number of nitrogens with one attached hydrogen (secondary N) is 2.